The number of rotatable bonds is 6. The fourth-order valence-electron chi connectivity index (χ4n) is 3.31. The molecule has 0 saturated carbocycles. The average molecular weight is 388 g/mol. The summed E-state index contributed by atoms with van der Waals surface area (Å²) in [4.78, 5) is 12.0. The van der Waals surface area contributed by atoms with Gasteiger partial charge in [-0.05, 0) is 13.3 Å². The molecular weight excluding hydrogens is 360 g/mol. The van der Waals surface area contributed by atoms with Gasteiger partial charge in [-0.15, -0.1) is 0 Å². The molecule has 1 fully saturated rings. The lowest BCUT2D eigenvalue weighted by atomic mass is 9.85. The largest absolute Gasteiger partial charge is 0.468 e. The van der Waals surface area contributed by atoms with E-state index in [1.807, 2.05) is 6.92 Å². The van der Waals surface area contributed by atoms with E-state index in [0.29, 0.717) is 17.6 Å². The smallest absolute Gasteiger partial charge is 0.337 e. The Kier molecular flexibility index (Phi) is 7.78. The van der Waals surface area contributed by atoms with Gasteiger partial charge in [-0.1, -0.05) is 19.4 Å². The number of hydrogen-bond donors (Lipinski definition) is 4. The summed E-state index contributed by atoms with van der Waals surface area (Å²) in [5.41, 5.74) is 1.01. The summed E-state index contributed by atoms with van der Waals surface area (Å²) in [7, 11) is 1.29. The van der Waals surface area contributed by atoms with Crippen molar-refractivity contribution in [1.82, 2.24) is 0 Å². The van der Waals surface area contributed by atoms with E-state index in [1.54, 1.807) is 13.0 Å². The molecular formula is C18H28O9. The number of aliphatic hydroxyl groups excluding tert-OH is 4. The highest BCUT2D eigenvalue weighted by Gasteiger charge is 2.46. The van der Waals surface area contributed by atoms with Gasteiger partial charge in [0, 0.05) is 11.5 Å². The second kappa shape index (κ2) is 9.63. The van der Waals surface area contributed by atoms with E-state index < -0.39 is 49.6 Å². The van der Waals surface area contributed by atoms with Gasteiger partial charge in [0.05, 0.1) is 25.6 Å². The molecule has 0 aliphatic carbocycles. The van der Waals surface area contributed by atoms with Gasteiger partial charge < -0.3 is 39.4 Å². The van der Waals surface area contributed by atoms with Gasteiger partial charge in [0.2, 0.25) is 6.29 Å². The highest BCUT2D eigenvalue weighted by Crippen LogP contribution is 2.36. The molecule has 0 amide bonds. The van der Waals surface area contributed by atoms with E-state index in [1.165, 1.54) is 13.4 Å². The van der Waals surface area contributed by atoms with Crippen LogP contribution in [0.5, 0.6) is 0 Å². The second-order valence-corrected chi connectivity index (χ2v) is 6.50. The van der Waals surface area contributed by atoms with Crippen LogP contribution in [0.15, 0.2) is 23.5 Å². The minimum absolute atomic E-state index is 0.295. The van der Waals surface area contributed by atoms with Crippen molar-refractivity contribution in [2.24, 2.45) is 5.92 Å². The van der Waals surface area contributed by atoms with Crippen LogP contribution in [0.1, 0.15) is 26.7 Å². The van der Waals surface area contributed by atoms with Gasteiger partial charge in [-0.2, -0.15) is 0 Å². The number of hydrogen-bond acceptors (Lipinski definition) is 9. The Morgan fingerprint density at radius 2 is 1.96 bits per heavy atom. The molecule has 0 aromatic rings. The minimum Gasteiger partial charge on any atom is -0.468 e. The summed E-state index contributed by atoms with van der Waals surface area (Å²) < 4.78 is 21.4. The fourth-order valence-corrected chi connectivity index (χ4v) is 3.31. The third-order valence-corrected chi connectivity index (χ3v) is 4.81. The van der Waals surface area contributed by atoms with Crippen molar-refractivity contribution in [2.75, 3.05) is 13.7 Å². The van der Waals surface area contributed by atoms with E-state index in [-0.39, 0.29) is 5.92 Å². The highest BCUT2D eigenvalue weighted by atomic mass is 16.8. The fraction of sp³-hybridized carbons (Fsp3) is 0.722. The van der Waals surface area contributed by atoms with Crippen LogP contribution >= 0.6 is 0 Å². The lowest BCUT2D eigenvalue weighted by molar-refractivity contribution is -0.327. The molecule has 0 spiro atoms. The zero-order chi connectivity index (χ0) is 20.1. The lowest BCUT2D eigenvalue weighted by Crippen LogP contribution is -2.60. The molecule has 0 radical (unpaired) electrons. The maximum Gasteiger partial charge on any atom is 0.337 e. The Bertz CT molecular complexity index is 571. The van der Waals surface area contributed by atoms with Crippen LogP contribution in [0.25, 0.3) is 0 Å². The summed E-state index contributed by atoms with van der Waals surface area (Å²) in [5, 5.41) is 39.2. The van der Waals surface area contributed by atoms with Crippen molar-refractivity contribution in [1.29, 1.82) is 0 Å². The van der Waals surface area contributed by atoms with Crippen LogP contribution in [-0.2, 0) is 23.7 Å². The standard InChI is InChI=1S/C18H28O9/c1-4-6-10-9(5-2)17(25-8-11(10)16(23)24-3)27-18-15(22)14(21)13(20)12(7-19)26-18/h5,8,10,12-15,17-22H,4,6-7H2,1-3H3. The van der Waals surface area contributed by atoms with E-state index in [0.717, 1.165) is 6.42 Å². The van der Waals surface area contributed by atoms with Crippen LogP contribution < -0.4 is 0 Å². The molecule has 7 unspecified atom stereocenters. The Morgan fingerprint density at radius 1 is 1.26 bits per heavy atom. The van der Waals surface area contributed by atoms with Gasteiger partial charge in [-0.3, -0.25) is 0 Å². The average Bonchev–Trinajstić information content (AvgIpc) is 2.68. The van der Waals surface area contributed by atoms with Gasteiger partial charge in [0.15, 0.2) is 6.29 Å². The Hall–Kier alpha value is -1.49. The number of aliphatic hydroxyl groups is 4. The quantitative estimate of drug-likeness (QED) is 0.353. The van der Waals surface area contributed by atoms with E-state index >= 15 is 0 Å². The third-order valence-electron chi connectivity index (χ3n) is 4.81. The normalized spacial score (nSPS) is 38.3. The molecule has 1 saturated heterocycles. The van der Waals surface area contributed by atoms with Crippen molar-refractivity contribution in [3.8, 4) is 0 Å². The summed E-state index contributed by atoms with van der Waals surface area (Å²) in [6.45, 7) is 3.19. The number of carbonyl (C=O) groups is 1. The highest BCUT2D eigenvalue weighted by molar-refractivity contribution is 5.89. The van der Waals surface area contributed by atoms with Crippen molar-refractivity contribution in [3.63, 3.8) is 0 Å². The van der Waals surface area contributed by atoms with Crippen molar-refractivity contribution >= 4 is 5.97 Å². The summed E-state index contributed by atoms with van der Waals surface area (Å²) in [6, 6.07) is 0. The van der Waals surface area contributed by atoms with Crippen molar-refractivity contribution < 1.29 is 44.2 Å². The first-order chi connectivity index (χ1) is 12.9. The SMILES string of the molecule is CC=C1C(OC2OC(CO)C(O)C(O)C2O)OC=C(C(=O)OC)C1CCC. The van der Waals surface area contributed by atoms with Crippen LogP contribution in [-0.4, -0.2) is 77.1 Å². The molecule has 9 nitrogen and oxygen atoms in total. The zero-order valence-electron chi connectivity index (χ0n) is 15.6. The molecule has 7 atom stereocenters. The first kappa shape index (κ1) is 21.8. The number of carbonyl (C=O) groups excluding carboxylic acids is 1. The Balaban J connectivity index is 2.22. The third kappa shape index (κ3) is 4.50. The molecule has 4 N–H and O–H groups in total. The molecule has 2 aliphatic heterocycles. The summed E-state index contributed by atoms with van der Waals surface area (Å²) in [6.07, 6.45) is -3.49. The van der Waals surface area contributed by atoms with Gasteiger partial charge in [0.1, 0.15) is 24.4 Å². The first-order valence-electron chi connectivity index (χ1n) is 8.95. The molecule has 2 rings (SSSR count). The predicted molar refractivity (Wildman–Crippen MR) is 92.0 cm³/mol. The van der Waals surface area contributed by atoms with Crippen molar-refractivity contribution in [2.45, 2.75) is 63.7 Å². The van der Waals surface area contributed by atoms with Crippen LogP contribution in [0, 0.1) is 5.92 Å². The van der Waals surface area contributed by atoms with Crippen LogP contribution in [0.3, 0.4) is 0 Å². The number of esters is 1. The van der Waals surface area contributed by atoms with Gasteiger partial charge in [0.25, 0.3) is 0 Å². The Labute approximate surface area is 157 Å². The number of ether oxygens (including phenoxy) is 4. The van der Waals surface area contributed by atoms with Gasteiger partial charge >= 0.3 is 5.97 Å². The van der Waals surface area contributed by atoms with Crippen LogP contribution in [0.4, 0.5) is 0 Å². The maximum atomic E-state index is 12.0. The predicted octanol–water partition coefficient (Wildman–Crippen LogP) is -0.421. The van der Waals surface area contributed by atoms with E-state index in [4.69, 9.17) is 18.9 Å². The number of allylic oxidation sites excluding steroid dienone is 1. The Morgan fingerprint density at radius 3 is 2.52 bits per heavy atom. The molecule has 154 valence electrons. The molecule has 2 aliphatic rings. The zero-order valence-corrected chi connectivity index (χ0v) is 15.6. The maximum absolute atomic E-state index is 12.0. The lowest BCUT2D eigenvalue weighted by Gasteiger charge is -2.42. The molecule has 0 bridgehead atoms. The second-order valence-electron chi connectivity index (χ2n) is 6.50. The molecule has 0 aromatic heterocycles. The first-order valence-corrected chi connectivity index (χ1v) is 8.95. The number of methoxy groups -OCH3 is 1. The van der Waals surface area contributed by atoms with Crippen molar-refractivity contribution in [3.05, 3.63) is 23.5 Å². The van der Waals surface area contributed by atoms with E-state index in [2.05, 4.69) is 0 Å². The molecule has 2 heterocycles. The van der Waals surface area contributed by atoms with Crippen LogP contribution in [0.2, 0.25) is 0 Å². The summed E-state index contributed by atoms with van der Waals surface area (Å²) >= 11 is 0. The molecule has 27 heavy (non-hydrogen) atoms. The molecule has 0 aromatic carbocycles. The minimum atomic E-state index is -1.55. The summed E-state index contributed by atoms with van der Waals surface area (Å²) in [5.74, 6) is -0.796. The monoisotopic (exact) mass is 388 g/mol. The molecule has 9 heteroatoms. The van der Waals surface area contributed by atoms with E-state index in [9.17, 15) is 25.2 Å². The van der Waals surface area contributed by atoms with Gasteiger partial charge in [-0.25, -0.2) is 4.79 Å². The topological polar surface area (TPSA) is 135 Å².